The molecule has 3 heterocycles. The van der Waals surface area contributed by atoms with E-state index >= 15 is 0 Å². The minimum Gasteiger partial charge on any atom is -0.352 e. The molecule has 0 saturated carbocycles. The molecule has 6 rings (SSSR count). The number of fused-ring (bicyclic) bond motifs is 1. The number of carbonyl (C=O) groups is 1. The van der Waals surface area contributed by atoms with E-state index in [1.807, 2.05) is 23.1 Å². The molecule has 39 heavy (non-hydrogen) atoms. The van der Waals surface area contributed by atoms with Gasteiger partial charge in [0.1, 0.15) is 18.0 Å². The maximum Gasteiger partial charge on any atom is 0.246 e. The summed E-state index contributed by atoms with van der Waals surface area (Å²) in [5, 5.41) is 1.00. The predicted molar refractivity (Wildman–Crippen MR) is 153 cm³/mol. The maximum atomic E-state index is 13.2. The average Bonchev–Trinajstić information content (AvgIpc) is 3.37. The minimum atomic E-state index is -0.293. The normalized spacial score (nSPS) is 13.9. The molecule has 1 fully saturated rings. The van der Waals surface area contributed by atoms with Crippen LogP contribution in [0, 0.1) is 12.7 Å². The van der Waals surface area contributed by atoms with Crippen LogP contribution in [-0.4, -0.2) is 51.5 Å². The summed E-state index contributed by atoms with van der Waals surface area (Å²) in [5.41, 5.74) is 6.05. The Morgan fingerprint density at radius 1 is 0.897 bits per heavy atom. The molecule has 7 heteroatoms. The zero-order chi connectivity index (χ0) is 26.8. The van der Waals surface area contributed by atoms with Crippen LogP contribution in [0.4, 0.5) is 10.2 Å². The monoisotopic (exact) mass is 517 g/mol. The highest BCUT2D eigenvalue weighted by molar-refractivity contribution is 6.02. The van der Waals surface area contributed by atoms with Crippen molar-refractivity contribution in [1.29, 1.82) is 0 Å². The summed E-state index contributed by atoms with van der Waals surface area (Å²) in [7, 11) is 0. The topological polar surface area (TPSA) is 54.3 Å². The van der Waals surface area contributed by atoms with Gasteiger partial charge in [-0.25, -0.2) is 14.4 Å². The standard InChI is InChI=1S/C32H28FN5O/c1-23-6-5-9-27(20-23)38-21-28(25-7-3-2-4-8-25)30-31(34-22-35-32(30)38)37-18-16-36(17-19-37)29(39)15-12-24-10-13-26(33)14-11-24/h2-15,20-22H,16-19H2,1H3/b15-12+. The second-order valence-electron chi connectivity index (χ2n) is 9.71. The van der Waals surface area contributed by atoms with Crippen LogP contribution in [0.2, 0.25) is 0 Å². The van der Waals surface area contributed by atoms with Crippen LogP contribution in [0.5, 0.6) is 0 Å². The SMILES string of the molecule is Cc1cccc(-n2cc(-c3ccccc3)c3c(N4CCN(C(=O)/C=C/c5ccc(F)cc5)CC4)ncnc32)c1. The first-order valence-corrected chi connectivity index (χ1v) is 13.0. The molecule has 1 amide bonds. The van der Waals surface area contributed by atoms with Crippen molar-refractivity contribution in [2.45, 2.75) is 6.92 Å². The molecule has 0 bridgehead atoms. The van der Waals surface area contributed by atoms with E-state index in [2.05, 4.69) is 59.0 Å². The van der Waals surface area contributed by atoms with Crippen LogP contribution >= 0.6 is 0 Å². The molecule has 0 radical (unpaired) electrons. The zero-order valence-electron chi connectivity index (χ0n) is 21.7. The van der Waals surface area contributed by atoms with Gasteiger partial charge in [0.05, 0.1) is 5.39 Å². The zero-order valence-corrected chi connectivity index (χ0v) is 21.7. The number of aryl methyl sites for hydroxylation is 1. The lowest BCUT2D eigenvalue weighted by Gasteiger charge is -2.35. The number of rotatable bonds is 5. The van der Waals surface area contributed by atoms with Crippen molar-refractivity contribution >= 4 is 28.8 Å². The first-order valence-electron chi connectivity index (χ1n) is 13.0. The van der Waals surface area contributed by atoms with E-state index in [1.54, 1.807) is 30.6 Å². The van der Waals surface area contributed by atoms with E-state index in [-0.39, 0.29) is 11.7 Å². The highest BCUT2D eigenvalue weighted by Crippen LogP contribution is 2.37. The summed E-state index contributed by atoms with van der Waals surface area (Å²) in [4.78, 5) is 26.4. The third kappa shape index (κ3) is 5.03. The third-order valence-electron chi connectivity index (χ3n) is 7.11. The Bertz CT molecular complexity index is 1650. The van der Waals surface area contributed by atoms with Gasteiger partial charge in [-0.15, -0.1) is 0 Å². The van der Waals surface area contributed by atoms with Crippen LogP contribution < -0.4 is 4.90 Å². The molecule has 3 aromatic carbocycles. The van der Waals surface area contributed by atoms with Crippen molar-refractivity contribution in [2.24, 2.45) is 0 Å². The number of benzene rings is 3. The Kier molecular flexibility index (Phi) is 6.63. The van der Waals surface area contributed by atoms with E-state index in [4.69, 9.17) is 9.97 Å². The number of amides is 1. The first kappa shape index (κ1) is 24.6. The Morgan fingerprint density at radius 3 is 2.41 bits per heavy atom. The molecular formula is C32H28FN5O. The number of hydrogen-bond acceptors (Lipinski definition) is 4. The van der Waals surface area contributed by atoms with Gasteiger partial charge >= 0.3 is 0 Å². The summed E-state index contributed by atoms with van der Waals surface area (Å²) < 4.78 is 15.3. The highest BCUT2D eigenvalue weighted by atomic mass is 19.1. The van der Waals surface area contributed by atoms with Gasteiger partial charge in [0, 0.05) is 49.7 Å². The summed E-state index contributed by atoms with van der Waals surface area (Å²) in [6, 6.07) is 24.8. The van der Waals surface area contributed by atoms with Crippen LogP contribution in [0.1, 0.15) is 11.1 Å². The Hall–Kier alpha value is -4.78. The molecule has 5 aromatic rings. The highest BCUT2D eigenvalue weighted by Gasteiger charge is 2.25. The second kappa shape index (κ2) is 10.5. The smallest absolute Gasteiger partial charge is 0.246 e. The van der Waals surface area contributed by atoms with Gasteiger partial charge < -0.3 is 14.4 Å². The predicted octanol–water partition coefficient (Wildman–Crippen LogP) is 5.90. The lowest BCUT2D eigenvalue weighted by molar-refractivity contribution is -0.126. The number of halogens is 1. The molecule has 1 saturated heterocycles. The van der Waals surface area contributed by atoms with Crippen molar-refractivity contribution < 1.29 is 9.18 Å². The fraction of sp³-hybridized carbons (Fsp3) is 0.156. The molecule has 0 unspecified atom stereocenters. The van der Waals surface area contributed by atoms with E-state index in [0.717, 1.165) is 39.2 Å². The minimum absolute atomic E-state index is 0.0533. The number of piperazine rings is 1. The molecule has 2 aromatic heterocycles. The van der Waals surface area contributed by atoms with Crippen LogP contribution in [0.25, 0.3) is 33.9 Å². The Balaban J connectivity index is 1.30. The summed E-state index contributed by atoms with van der Waals surface area (Å²) >= 11 is 0. The van der Waals surface area contributed by atoms with Crippen molar-refractivity contribution in [3.8, 4) is 16.8 Å². The Morgan fingerprint density at radius 2 is 1.67 bits per heavy atom. The number of aromatic nitrogens is 3. The van der Waals surface area contributed by atoms with E-state index < -0.39 is 0 Å². The molecule has 1 aliphatic heterocycles. The van der Waals surface area contributed by atoms with Crippen LogP contribution in [-0.2, 0) is 4.79 Å². The van der Waals surface area contributed by atoms with Crippen molar-refractivity contribution in [3.05, 3.63) is 114 Å². The molecule has 1 aliphatic rings. The molecule has 194 valence electrons. The fourth-order valence-electron chi connectivity index (χ4n) is 5.08. The quantitative estimate of drug-likeness (QED) is 0.273. The Labute approximate surface area is 226 Å². The molecule has 0 aliphatic carbocycles. The fourth-order valence-corrected chi connectivity index (χ4v) is 5.08. The largest absolute Gasteiger partial charge is 0.352 e. The van der Waals surface area contributed by atoms with Gasteiger partial charge in [0.15, 0.2) is 5.65 Å². The molecule has 0 spiro atoms. The first-order chi connectivity index (χ1) is 19.1. The molecule has 6 nitrogen and oxygen atoms in total. The number of carbonyl (C=O) groups excluding carboxylic acids is 1. The third-order valence-corrected chi connectivity index (χ3v) is 7.11. The van der Waals surface area contributed by atoms with Gasteiger partial charge in [-0.05, 0) is 54.0 Å². The number of nitrogens with zero attached hydrogens (tertiary/aromatic N) is 5. The second-order valence-corrected chi connectivity index (χ2v) is 9.71. The van der Waals surface area contributed by atoms with E-state index in [1.165, 1.54) is 17.7 Å². The van der Waals surface area contributed by atoms with E-state index in [9.17, 15) is 9.18 Å². The molecular weight excluding hydrogens is 489 g/mol. The summed E-state index contributed by atoms with van der Waals surface area (Å²) in [5.74, 6) is 0.527. The lowest BCUT2D eigenvalue weighted by atomic mass is 10.1. The van der Waals surface area contributed by atoms with Crippen LogP contribution in [0.3, 0.4) is 0 Å². The number of anilines is 1. The molecule has 0 atom stereocenters. The summed E-state index contributed by atoms with van der Waals surface area (Å²) in [6.45, 7) is 4.57. The number of hydrogen-bond donors (Lipinski definition) is 0. The van der Waals surface area contributed by atoms with Gasteiger partial charge in [-0.2, -0.15) is 0 Å². The maximum absolute atomic E-state index is 13.2. The van der Waals surface area contributed by atoms with Gasteiger partial charge in [0.25, 0.3) is 0 Å². The average molecular weight is 518 g/mol. The van der Waals surface area contributed by atoms with Crippen molar-refractivity contribution in [3.63, 3.8) is 0 Å². The van der Waals surface area contributed by atoms with Crippen molar-refractivity contribution in [2.75, 3.05) is 31.1 Å². The van der Waals surface area contributed by atoms with Gasteiger partial charge in [0.2, 0.25) is 5.91 Å². The van der Waals surface area contributed by atoms with Gasteiger partial charge in [-0.1, -0.05) is 54.6 Å². The van der Waals surface area contributed by atoms with Crippen LogP contribution in [0.15, 0.2) is 97.5 Å². The van der Waals surface area contributed by atoms with Gasteiger partial charge in [-0.3, -0.25) is 4.79 Å². The lowest BCUT2D eigenvalue weighted by Crippen LogP contribution is -2.48. The summed E-state index contributed by atoms with van der Waals surface area (Å²) in [6.07, 6.45) is 7.05. The van der Waals surface area contributed by atoms with E-state index in [0.29, 0.717) is 26.2 Å². The van der Waals surface area contributed by atoms with Crippen molar-refractivity contribution in [1.82, 2.24) is 19.4 Å². The molecule has 0 N–H and O–H groups in total.